The van der Waals surface area contributed by atoms with E-state index >= 15 is 0 Å². The van der Waals surface area contributed by atoms with Crippen molar-refractivity contribution in [1.82, 2.24) is 10.2 Å². The fourth-order valence-electron chi connectivity index (χ4n) is 3.63. The van der Waals surface area contributed by atoms with Gasteiger partial charge in [-0.3, -0.25) is 4.90 Å². The molecule has 1 aliphatic carbocycles. The summed E-state index contributed by atoms with van der Waals surface area (Å²) in [5.41, 5.74) is 0. The van der Waals surface area contributed by atoms with Crippen LogP contribution in [0.4, 0.5) is 0 Å². The highest BCUT2D eigenvalue weighted by Gasteiger charge is 2.32. The molecule has 1 heterocycles. The van der Waals surface area contributed by atoms with E-state index in [1.165, 1.54) is 45.1 Å². The standard InChI is InChI=1S/C14H28N2S/c1-11-9-12(15-2)7-8-16(11)13-5-4-6-14(10-13)17-3/h11-15H,4-10H2,1-3H3. The van der Waals surface area contributed by atoms with E-state index in [9.17, 15) is 0 Å². The second-order valence-electron chi connectivity index (χ2n) is 5.77. The zero-order chi connectivity index (χ0) is 12.3. The Labute approximate surface area is 111 Å². The summed E-state index contributed by atoms with van der Waals surface area (Å²) in [4.78, 5) is 2.80. The molecule has 0 spiro atoms. The molecule has 0 aromatic heterocycles. The van der Waals surface area contributed by atoms with Crippen molar-refractivity contribution in [3.05, 3.63) is 0 Å². The first-order chi connectivity index (χ1) is 8.24. The zero-order valence-corrected chi connectivity index (χ0v) is 12.4. The summed E-state index contributed by atoms with van der Waals surface area (Å²) in [6.07, 6.45) is 10.7. The van der Waals surface area contributed by atoms with Gasteiger partial charge in [0.05, 0.1) is 0 Å². The molecule has 0 bridgehead atoms. The maximum absolute atomic E-state index is 3.45. The maximum atomic E-state index is 3.45. The average molecular weight is 256 g/mol. The van der Waals surface area contributed by atoms with Crippen molar-refractivity contribution in [2.75, 3.05) is 19.8 Å². The summed E-state index contributed by atoms with van der Waals surface area (Å²) in [5.74, 6) is 0. The van der Waals surface area contributed by atoms with Crippen molar-refractivity contribution in [3.63, 3.8) is 0 Å². The third-order valence-electron chi connectivity index (χ3n) is 4.74. The van der Waals surface area contributed by atoms with Gasteiger partial charge in [0, 0.05) is 29.9 Å². The topological polar surface area (TPSA) is 15.3 Å². The molecular weight excluding hydrogens is 228 g/mol. The first-order valence-electron chi connectivity index (χ1n) is 7.20. The molecule has 0 amide bonds. The fourth-order valence-corrected chi connectivity index (χ4v) is 4.45. The van der Waals surface area contributed by atoms with Gasteiger partial charge in [-0.1, -0.05) is 6.42 Å². The van der Waals surface area contributed by atoms with E-state index in [-0.39, 0.29) is 0 Å². The maximum Gasteiger partial charge on any atom is 0.0109 e. The second-order valence-corrected chi connectivity index (χ2v) is 6.91. The van der Waals surface area contributed by atoms with E-state index in [1.807, 2.05) is 0 Å². The molecule has 0 radical (unpaired) electrons. The molecule has 2 nitrogen and oxygen atoms in total. The normalized spacial score (nSPS) is 40.4. The molecule has 2 fully saturated rings. The molecule has 1 aliphatic heterocycles. The van der Waals surface area contributed by atoms with Gasteiger partial charge in [0.2, 0.25) is 0 Å². The largest absolute Gasteiger partial charge is 0.317 e. The number of rotatable bonds is 3. The van der Waals surface area contributed by atoms with Gasteiger partial charge in [-0.15, -0.1) is 0 Å². The molecule has 0 aromatic carbocycles. The Morgan fingerprint density at radius 1 is 1.18 bits per heavy atom. The van der Waals surface area contributed by atoms with Crippen LogP contribution in [0.1, 0.15) is 45.4 Å². The van der Waals surface area contributed by atoms with Gasteiger partial charge < -0.3 is 5.32 Å². The van der Waals surface area contributed by atoms with Crippen LogP contribution in [0.2, 0.25) is 0 Å². The highest BCUT2D eigenvalue weighted by atomic mass is 32.2. The van der Waals surface area contributed by atoms with Crippen LogP contribution in [0.15, 0.2) is 0 Å². The van der Waals surface area contributed by atoms with Gasteiger partial charge >= 0.3 is 0 Å². The lowest BCUT2D eigenvalue weighted by atomic mass is 9.89. The number of hydrogen-bond donors (Lipinski definition) is 1. The molecule has 17 heavy (non-hydrogen) atoms. The minimum atomic E-state index is 0.751. The van der Waals surface area contributed by atoms with E-state index in [1.54, 1.807) is 0 Å². The molecule has 2 aliphatic rings. The predicted molar refractivity (Wildman–Crippen MR) is 77.8 cm³/mol. The van der Waals surface area contributed by atoms with Gasteiger partial charge in [0.15, 0.2) is 0 Å². The number of nitrogens with one attached hydrogen (secondary N) is 1. The number of hydrogen-bond acceptors (Lipinski definition) is 3. The molecular formula is C14H28N2S. The van der Waals surface area contributed by atoms with Crippen LogP contribution in [0, 0.1) is 0 Å². The van der Waals surface area contributed by atoms with Crippen LogP contribution >= 0.6 is 11.8 Å². The Hall–Kier alpha value is 0.270. The summed E-state index contributed by atoms with van der Waals surface area (Å²) in [6.45, 7) is 3.73. The van der Waals surface area contributed by atoms with Crippen molar-refractivity contribution >= 4 is 11.8 Å². The van der Waals surface area contributed by atoms with E-state index in [4.69, 9.17) is 0 Å². The number of piperidine rings is 1. The number of likely N-dealkylation sites (tertiary alicyclic amines) is 1. The van der Waals surface area contributed by atoms with E-state index < -0.39 is 0 Å². The van der Waals surface area contributed by atoms with Gasteiger partial charge in [-0.25, -0.2) is 0 Å². The second kappa shape index (κ2) is 6.44. The first kappa shape index (κ1) is 13.7. The minimum absolute atomic E-state index is 0.751. The summed E-state index contributed by atoms with van der Waals surface area (Å²) in [7, 11) is 2.11. The lowest BCUT2D eigenvalue weighted by Gasteiger charge is -2.45. The van der Waals surface area contributed by atoms with Gasteiger partial charge in [0.1, 0.15) is 0 Å². The van der Waals surface area contributed by atoms with Crippen LogP contribution in [0.25, 0.3) is 0 Å². The summed E-state index contributed by atoms with van der Waals surface area (Å²) in [5, 5.41) is 4.37. The Morgan fingerprint density at radius 3 is 2.65 bits per heavy atom. The Bertz CT molecular complexity index is 234. The fraction of sp³-hybridized carbons (Fsp3) is 1.00. The highest BCUT2D eigenvalue weighted by molar-refractivity contribution is 7.99. The molecule has 2 rings (SSSR count). The smallest absolute Gasteiger partial charge is 0.0109 e. The Morgan fingerprint density at radius 2 is 2.00 bits per heavy atom. The van der Waals surface area contributed by atoms with Crippen molar-refractivity contribution in [3.8, 4) is 0 Å². The molecule has 100 valence electrons. The Kier molecular flexibility index (Phi) is 5.19. The third kappa shape index (κ3) is 3.39. The van der Waals surface area contributed by atoms with Crippen molar-refractivity contribution in [2.45, 2.75) is 68.8 Å². The van der Waals surface area contributed by atoms with Gasteiger partial charge in [0.25, 0.3) is 0 Å². The quantitative estimate of drug-likeness (QED) is 0.836. The lowest BCUT2D eigenvalue weighted by molar-refractivity contribution is 0.0706. The van der Waals surface area contributed by atoms with Crippen molar-refractivity contribution in [2.24, 2.45) is 0 Å². The van der Waals surface area contributed by atoms with Gasteiger partial charge in [-0.2, -0.15) is 11.8 Å². The molecule has 3 heteroatoms. The van der Waals surface area contributed by atoms with Crippen LogP contribution in [-0.4, -0.2) is 48.1 Å². The summed E-state index contributed by atoms with van der Waals surface area (Å²) < 4.78 is 0. The molecule has 4 unspecified atom stereocenters. The molecule has 1 saturated heterocycles. The number of nitrogens with zero attached hydrogens (tertiary/aromatic N) is 1. The highest BCUT2D eigenvalue weighted by Crippen LogP contribution is 2.32. The molecule has 1 saturated carbocycles. The SMILES string of the molecule is CNC1CCN(C2CCCC(SC)C2)C(C)C1. The van der Waals surface area contributed by atoms with Crippen LogP contribution < -0.4 is 5.32 Å². The lowest BCUT2D eigenvalue weighted by Crippen LogP contribution is -2.52. The summed E-state index contributed by atoms with van der Waals surface area (Å²) in [6, 6.07) is 2.39. The zero-order valence-electron chi connectivity index (χ0n) is 11.6. The van der Waals surface area contributed by atoms with E-state index in [0.717, 1.165) is 23.4 Å². The van der Waals surface area contributed by atoms with Gasteiger partial charge in [-0.05, 0) is 52.3 Å². The van der Waals surface area contributed by atoms with E-state index in [0.29, 0.717) is 0 Å². The third-order valence-corrected chi connectivity index (χ3v) is 5.83. The molecule has 0 aromatic rings. The van der Waals surface area contributed by atoms with Crippen molar-refractivity contribution in [1.29, 1.82) is 0 Å². The summed E-state index contributed by atoms with van der Waals surface area (Å²) >= 11 is 2.08. The Balaban J connectivity index is 1.89. The minimum Gasteiger partial charge on any atom is -0.317 e. The van der Waals surface area contributed by atoms with E-state index in [2.05, 4.69) is 42.2 Å². The van der Waals surface area contributed by atoms with Crippen molar-refractivity contribution < 1.29 is 0 Å². The molecule has 4 atom stereocenters. The number of thioether (sulfide) groups is 1. The first-order valence-corrected chi connectivity index (χ1v) is 8.49. The van der Waals surface area contributed by atoms with Crippen LogP contribution in [0.3, 0.4) is 0 Å². The van der Waals surface area contributed by atoms with Crippen LogP contribution in [0.5, 0.6) is 0 Å². The predicted octanol–water partition coefficient (Wildman–Crippen LogP) is 2.73. The van der Waals surface area contributed by atoms with Crippen LogP contribution in [-0.2, 0) is 0 Å². The average Bonchev–Trinajstić information content (AvgIpc) is 2.38. The molecule has 1 N–H and O–H groups in total. The monoisotopic (exact) mass is 256 g/mol.